The van der Waals surface area contributed by atoms with E-state index >= 15 is 0 Å². The van der Waals surface area contributed by atoms with Crippen molar-refractivity contribution in [3.63, 3.8) is 0 Å². The van der Waals surface area contributed by atoms with Gasteiger partial charge in [-0.05, 0) is 37.3 Å². The lowest BCUT2D eigenvalue weighted by molar-refractivity contribution is -0.152. The molecule has 0 aromatic carbocycles. The molecular weight excluding hydrogens is 258 g/mol. The lowest BCUT2D eigenvalue weighted by atomic mass is 9.71. The molecule has 6 nitrogen and oxygen atoms in total. The first-order valence-corrected chi connectivity index (χ1v) is 7.16. The van der Waals surface area contributed by atoms with Crippen molar-refractivity contribution >= 4 is 17.8 Å². The molecule has 2 aliphatic rings. The summed E-state index contributed by atoms with van der Waals surface area (Å²) in [5.74, 6) is -0.740. The molecule has 0 aliphatic carbocycles. The zero-order valence-electron chi connectivity index (χ0n) is 12.5. The van der Waals surface area contributed by atoms with Crippen LogP contribution in [0.5, 0.6) is 0 Å². The van der Waals surface area contributed by atoms with Gasteiger partial charge in [-0.15, -0.1) is 0 Å². The molecule has 2 aliphatic heterocycles. The molecule has 112 valence electrons. The van der Waals surface area contributed by atoms with E-state index in [-0.39, 0.29) is 23.7 Å². The van der Waals surface area contributed by atoms with Crippen molar-refractivity contribution in [1.82, 2.24) is 15.1 Å². The monoisotopic (exact) mass is 281 g/mol. The molecule has 2 rings (SSSR count). The number of hydrogen-bond acceptors (Lipinski definition) is 4. The first-order valence-electron chi connectivity index (χ1n) is 7.16. The lowest BCUT2D eigenvalue weighted by Crippen LogP contribution is -2.60. The van der Waals surface area contributed by atoms with Gasteiger partial charge in [-0.3, -0.25) is 19.4 Å². The third kappa shape index (κ3) is 2.32. The summed E-state index contributed by atoms with van der Waals surface area (Å²) in [6, 6.07) is -0.536. The Morgan fingerprint density at radius 3 is 2.15 bits per heavy atom. The molecule has 0 bridgehead atoms. The summed E-state index contributed by atoms with van der Waals surface area (Å²) in [6.07, 6.45) is 0.793. The van der Waals surface area contributed by atoms with Gasteiger partial charge in [0.2, 0.25) is 11.8 Å². The summed E-state index contributed by atoms with van der Waals surface area (Å²) >= 11 is 0. The van der Waals surface area contributed by atoms with Gasteiger partial charge in [0.1, 0.15) is 5.92 Å². The average molecular weight is 281 g/mol. The molecule has 2 unspecified atom stereocenters. The molecule has 0 saturated carbocycles. The molecule has 0 radical (unpaired) electrons. The van der Waals surface area contributed by atoms with Crippen molar-refractivity contribution in [2.75, 3.05) is 27.2 Å². The number of barbiturate groups is 1. The summed E-state index contributed by atoms with van der Waals surface area (Å²) in [5.41, 5.74) is 0. The maximum Gasteiger partial charge on any atom is 0.332 e. The predicted octanol–water partition coefficient (Wildman–Crippen LogP) is 0.535. The van der Waals surface area contributed by atoms with Crippen LogP contribution in [0, 0.1) is 23.7 Å². The summed E-state index contributed by atoms with van der Waals surface area (Å²) < 4.78 is 0. The highest BCUT2D eigenvalue weighted by Gasteiger charge is 2.49. The number of carbonyl (C=O) groups is 3. The third-order valence-corrected chi connectivity index (χ3v) is 4.64. The number of urea groups is 1. The van der Waals surface area contributed by atoms with Gasteiger partial charge in [0.05, 0.1) is 0 Å². The normalized spacial score (nSPS) is 29.6. The van der Waals surface area contributed by atoms with E-state index in [0.717, 1.165) is 29.3 Å². The number of hydrogen-bond donors (Lipinski definition) is 1. The first kappa shape index (κ1) is 15.0. The second-order valence-corrected chi connectivity index (χ2v) is 6.12. The van der Waals surface area contributed by atoms with Crippen molar-refractivity contribution in [2.45, 2.75) is 20.3 Å². The molecule has 20 heavy (non-hydrogen) atoms. The fourth-order valence-corrected chi connectivity index (χ4v) is 3.35. The lowest BCUT2D eigenvalue weighted by Gasteiger charge is -2.42. The largest absolute Gasteiger partial charge is 0.332 e. The van der Waals surface area contributed by atoms with Gasteiger partial charge < -0.3 is 5.32 Å². The standard InChI is InChI=1S/C14H23N3O3/c1-8(2)10-7-15-6-5-9(10)11-12(18)16(3)14(20)17(4)13(11)19/h8-11,15H,5-7H2,1-4H3. The summed E-state index contributed by atoms with van der Waals surface area (Å²) in [5, 5.41) is 3.33. The van der Waals surface area contributed by atoms with E-state index in [1.807, 2.05) is 0 Å². The second-order valence-electron chi connectivity index (χ2n) is 6.12. The van der Waals surface area contributed by atoms with Crippen molar-refractivity contribution in [2.24, 2.45) is 23.7 Å². The van der Waals surface area contributed by atoms with Gasteiger partial charge in [-0.1, -0.05) is 13.8 Å². The minimum atomic E-state index is -0.711. The van der Waals surface area contributed by atoms with Crippen LogP contribution in [0.1, 0.15) is 20.3 Å². The maximum atomic E-state index is 12.4. The predicted molar refractivity (Wildman–Crippen MR) is 73.7 cm³/mol. The Kier molecular flexibility index (Phi) is 4.13. The molecule has 2 atom stereocenters. The molecule has 1 N–H and O–H groups in total. The van der Waals surface area contributed by atoms with Gasteiger partial charge >= 0.3 is 6.03 Å². The molecule has 4 amide bonds. The van der Waals surface area contributed by atoms with Gasteiger partial charge in [-0.2, -0.15) is 0 Å². The first-order chi connectivity index (χ1) is 9.36. The third-order valence-electron chi connectivity index (χ3n) is 4.64. The van der Waals surface area contributed by atoms with Gasteiger partial charge in [0.15, 0.2) is 0 Å². The minimum absolute atomic E-state index is 0.00856. The second kappa shape index (κ2) is 5.52. The highest BCUT2D eigenvalue weighted by atomic mass is 16.2. The van der Waals surface area contributed by atoms with E-state index in [1.54, 1.807) is 0 Å². The van der Waals surface area contributed by atoms with E-state index in [9.17, 15) is 14.4 Å². The fraction of sp³-hybridized carbons (Fsp3) is 0.786. The van der Waals surface area contributed by atoms with Crippen molar-refractivity contribution in [3.05, 3.63) is 0 Å². The molecule has 0 aromatic heterocycles. The Morgan fingerprint density at radius 1 is 1.10 bits per heavy atom. The molecule has 2 heterocycles. The topological polar surface area (TPSA) is 69.7 Å². The van der Waals surface area contributed by atoms with Gasteiger partial charge in [0.25, 0.3) is 0 Å². The molecule has 2 fully saturated rings. The number of imide groups is 2. The summed E-state index contributed by atoms with van der Waals surface area (Å²) in [4.78, 5) is 38.7. The van der Waals surface area contributed by atoms with E-state index in [2.05, 4.69) is 19.2 Å². The van der Waals surface area contributed by atoms with Crippen LogP contribution in [0.2, 0.25) is 0 Å². The van der Waals surface area contributed by atoms with E-state index in [4.69, 9.17) is 0 Å². The zero-order chi connectivity index (χ0) is 15.0. The smallest absolute Gasteiger partial charge is 0.316 e. The molecule has 0 spiro atoms. The van der Waals surface area contributed by atoms with Crippen LogP contribution in [0.15, 0.2) is 0 Å². The quantitative estimate of drug-likeness (QED) is 0.750. The van der Waals surface area contributed by atoms with Crippen LogP contribution < -0.4 is 5.32 Å². The summed E-state index contributed by atoms with van der Waals surface area (Å²) in [6.45, 7) is 5.86. The number of rotatable bonds is 2. The van der Waals surface area contributed by atoms with Gasteiger partial charge in [0, 0.05) is 14.1 Å². The molecular formula is C14H23N3O3. The number of piperidine rings is 1. The Balaban J connectivity index is 2.31. The highest BCUT2D eigenvalue weighted by Crippen LogP contribution is 2.35. The van der Waals surface area contributed by atoms with Crippen LogP contribution in [0.25, 0.3) is 0 Å². The van der Waals surface area contributed by atoms with Crippen LogP contribution >= 0.6 is 0 Å². The van der Waals surface area contributed by atoms with Crippen LogP contribution in [-0.4, -0.2) is 54.8 Å². The Hall–Kier alpha value is -1.43. The van der Waals surface area contributed by atoms with Crippen LogP contribution in [0.4, 0.5) is 4.79 Å². The van der Waals surface area contributed by atoms with Crippen LogP contribution in [-0.2, 0) is 9.59 Å². The highest BCUT2D eigenvalue weighted by molar-refractivity contribution is 6.15. The van der Waals surface area contributed by atoms with Crippen molar-refractivity contribution in [3.8, 4) is 0 Å². The van der Waals surface area contributed by atoms with E-state index in [1.165, 1.54) is 14.1 Å². The fourth-order valence-electron chi connectivity index (χ4n) is 3.35. The van der Waals surface area contributed by atoms with Gasteiger partial charge in [-0.25, -0.2) is 4.79 Å². The Bertz CT molecular complexity index is 411. The summed E-state index contributed by atoms with van der Waals surface area (Å²) in [7, 11) is 2.90. The van der Waals surface area contributed by atoms with Crippen molar-refractivity contribution in [1.29, 1.82) is 0 Å². The molecule has 0 aromatic rings. The molecule has 2 saturated heterocycles. The Morgan fingerprint density at radius 2 is 1.65 bits per heavy atom. The van der Waals surface area contributed by atoms with Crippen LogP contribution in [0.3, 0.4) is 0 Å². The van der Waals surface area contributed by atoms with E-state index < -0.39 is 11.9 Å². The number of amides is 4. The number of nitrogens with one attached hydrogen (secondary N) is 1. The number of nitrogens with zero attached hydrogens (tertiary/aromatic N) is 2. The Labute approximate surface area is 119 Å². The molecule has 6 heteroatoms. The minimum Gasteiger partial charge on any atom is -0.316 e. The maximum absolute atomic E-state index is 12.4. The SMILES string of the molecule is CC(C)C1CNCCC1C1C(=O)N(C)C(=O)N(C)C1=O. The average Bonchev–Trinajstić information content (AvgIpc) is 2.43. The number of carbonyl (C=O) groups excluding carboxylic acids is 3. The van der Waals surface area contributed by atoms with E-state index in [0.29, 0.717) is 5.92 Å². The van der Waals surface area contributed by atoms with Crippen molar-refractivity contribution < 1.29 is 14.4 Å². The zero-order valence-corrected chi connectivity index (χ0v) is 12.5.